The molecule has 1 atom stereocenters. The number of benzene rings is 1. The van der Waals surface area contributed by atoms with Crippen molar-refractivity contribution in [2.75, 3.05) is 13.7 Å². The lowest BCUT2D eigenvalue weighted by molar-refractivity contribution is -0.124. The van der Waals surface area contributed by atoms with Crippen molar-refractivity contribution in [3.05, 3.63) is 29.3 Å². The van der Waals surface area contributed by atoms with E-state index >= 15 is 0 Å². The van der Waals surface area contributed by atoms with Gasteiger partial charge in [0.1, 0.15) is 5.75 Å². The number of carbonyl (C=O) groups excluding carboxylic acids is 1. The monoisotopic (exact) mass is 250 g/mol. The second-order valence-electron chi connectivity index (χ2n) is 4.77. The van der Waals surface area contributed by atoms with E-state index in [2.05, 4.69) is 5.32 Å². The number of likely N-dealkylation sites (N-methyl/N-ethyl adjacent to an activating group) is 1. The zero-order chi connectivity index (χ0) is 13.8. The van der Waals surface area contributed by atoms with Crippen LogP contribution in [0.2, 0.25) is 0 Å². The number of nitrogens with one attached hydrogen (secondary N) is 1. The van der Waals surface area contributed by atoms with Crippen molar-refractivity contribution in [1.82, 2.24) is 5.32 Å². The Hall–Kier alpha value is -1.55. The van der Waals surface area contributed by atoms with Gasteiger partial charge in [-0.1, -0.05) is 18.2 Å². The molecule has 4 nitrogen and oxygen atoms in total. The lowest BCUT2D eigenvalue weighted by Crippen LogP contribution is -2.52. The van der Waals surface area contributed by atoms with Crippen LogP contribution >= 0.6 is 0 Å². The first kappa shape index (κ1) is 14.5. The molecule has 3 N–H and O–H groups in total. The molecule has 0 spiro atoms. The van der Waals surface area contributed by atoms with Gasteiger partial charge in [0.2, 0.25) is 5.91 Å². The molecule has 0 saturated heterocycles. The summed E-state index contributed by atoms with van der Waals surface area (Å²) in [6.07, 6.45) is 0.534. The number of carbonyl (C=O) groups is 1. The molecule has 0 bridgehead atoms. The van der Waals surface area contributed by atoms with Crippen LogP contribution in [0.15, 0.2) is 18.2 Å². The topological polar surface area (TPSA) is 64.3 Å². The van der Waals surface area contributed by atoms with Crippen molar-refractivity contribution in [1.29, 1.82) is 0 Å². The molecule has 1 aromatic carbocycles. The zero-order valence-corrected chi connectivity index (χ0v) is 11.5. The molecule has 0 radical (unpaired) electrons. The Kier molecular flexibility index (Phi) is 4.73. The fraction of sp³-hybridized carbons (Fsp3) is 0.500. The van der Waals surface area contributed by atoms with Gasteiger partial charge in [-0.25, -0.2) is 0 Å². The molecule has 0 aliphatic heterocycles. The van der Waals surface area contributed by atoms with E-state index in [1.807, 2.05) is 32.0 Å². The Morgan fingerprint density at radius 2 is 1.94 bits per heavy atom. The van der Waals surface area contributed by atoms with Crippen LogP contribution in [-0.4, -0.2) is 25.1 Å². The number of hydrogen-bond acceptors (Lipinski definition) is 3. The minimum Gasteiger partial charge on any atom is -0.493 e. The second kappa shape index (κ2) is 5.87. The average molecular weight is 250 g/mol. The maximum atomic E-state index is 11.3. The van der Waals surface area contributed by atoms with Crippen LogP contribution in [0, 0.1) is 13.8 Å². The number of primary amides is 1. The van der Waals surface area contributed by atoms with Crippen molar-refractivity contribution in [2.45, 2.75) is 32.7 Å². The highest BCUT2D eigenvalue weighted by Gasteiger charge is 2.28. The molecule has 1 aromatic rings. The van der Waals surface area contributed by atoms with Gasteiger partial charge >= 0.3 is 0 Å². The van der Waals surface area contributed by atoms with Crippen LogP contribution in [0.3, 0.4) is 0 Å². The molecule has 0 saturated carbocycles. The summed E-state index contributed by atoms with van der Waals surface area (Å²) in [7, 11) is 1.73. The largest absolute Gasteiger partial charge is 0.493 e. The number of para-hydroxylation sites is 1. The van der Waals surface area contributed by atoms with Crippen molar-refractivity contribution in [2.24, 2.45) is 5.73 Å². The van der Waals surface area contributed by atoms with E-state index in [9.17, 15) is 4.79 Å². The summed E-state index contributed by atoms with van der Waals surface area (Å²) >= 11 is 0. The Labute approximate surface area is 109 Å². The molecule has 100 valence electrons. The third kappa shape index (κ3) is 3.23. The van der Waals surface area contributed by atoms with Gasteiger partial charge in [-0.05, 0) is 38.9 Å². The molecular weight excluding hydrogens is 228 g/mol. The van der Waals surface area contributed by atoms with Crippen molar-refractivity contribution in [3.8, 4) is 5.75 Å². The Morgan fingerprint density at radius 1 is 1.39 bits per heavy atom. The zero-order valence-electron chi connectivity index (χ0n) is 11.5. The molecule has 0 aromatic heterocycles. The molecule has 18 heavy (non-hydrogen) atoms. The number of rotatable bonds is 6. The maximum absolute atomic E-state index is 11.3. The Balaban J connectivity index is 2.64. The van der Waals surface area contributed by atoms with Gasteiger partial charge in [0.05, 0.1) is 12.1 Å². The van der Waals surface area contributed by atoms with Crippen molar-refractivity contribution >= 4 is 5.91 Å². The number of aryl methyl sites for hydroxylation is 2. The second-order valence-corrected chi connectivity index (χ2v) is 4.77. The van der Waals surface area contributed by atoms with Gasteiger partial charge in [0.25, 0.3) is 0 Å². The van der Waals surface area contributed by atoms with Gasteiger partial charge < -0.3 is 15.8 Å². The Bertz CT molecular complexity index is 412. The van der Waals surface area contributed by atoms with Gasteiger partial charge in [-0.15, -0.1) is 0 Å². The summed E-state index contributed by atoms with van der Waals surface area (Å²) in [6.45, 7) is 6.25. The van der Waals surface area contributed by atoms with Crippen LogP contribution < -0.4 is 15.8 Å². The van der Waals surface area contributed by atoms with Crippen LogP contribution in [-0.2, 0) is 4.79 Å². The summed E-state index contributed by atoms with van der Waals surface area (Å²) < 4.78 is 5.77. The van der Waals surface area contributed by atoms with Crippen molar-refractivity contribution in [3.63, 3.8) is 0 Å². The SMILES string of the molecule is CNC(C)(CCOc1c(C)cccc1C)C(N)=O. The summed E-state index contributed by atoms with van der Waals surface area (Å²) in [5.41, 5.74) is 6.83. The lowest BCUT2D eigenvalue weighted by atomic mass is 9.98. The third-order valence-electron chi connectivity index (χ3n) is 3.35. The van der Waals surface area contributed by atoms with Gasteiger partial charge in [0, 0.05) is 6.42 Å². The van der Waals surface area contributed by atoms with Crippen LogP contribution in [0.5, 0.6) is 5.75 Å². The van der Waals surface area contributed by atoms with E-state index in [0.29, 0.717) is 13.0 Å². The highest BCUT2D eigenvalue weighted by atomic mass is 16.5. The number of amides is 1. The van der Waals surface area contributed by atoms with E-state index in [4.69, 9.17) is 10.5 Å². The predicted molar refractivity (Wildman–Crippen MR) is 72.7 cm³/mol. The first-order valence-corrected chi connectivity index (χ1v) is 6.08. The smallest absolute Gasteiger partial charge is 0.237 e. The molecule has 0 heterocycles. The van der Waals surface area contributed by atoms with E-state index in [-0.39, 0.29) is 5.91 Å². The maximum Gasteiger partial charge on any atom is 0.237 e. The summed E-state index contributed by atoms with van der Waals surface area (Å²) in [5.74, 6) is 0.524. The number of nitrogens with two attached hydrogens (primary N) is 1. The number of hydrogen-bond donors (Lipinski definition) is 2. The van der Waals surface area contributed by atoms with Crippen molar-refractivity contribution < 1.29 is 9.53 Å². The lowest BCUT2D eigenvalue weighted by Gasteiger charge is -2.25. The average Bonchev–Trinajstić information content (AvgIpc) is 2.32. The van der Waals surface area contributed by atoms with Gasteiger partial charge in [-0.3, -0.25) is 4.79 Å². The fourth-order valence-corrected chi connectivity index (χ4v) is 1.76. The van der Waals surface area contributed by atoms with E-state index in [0.717, 1.165) is 16.9 Å². The Morgan fingerprint density at radius 3 is 2.39 bits per heavy atom. The molecule has 1 rings (SSSR count). The first-order chi connectivity index (χ1) is 8.40. The first-order valence-electron chi connectivity index (χ1n) is 6.08. The molecule has 0 aliphatic rings. The minimum atomic E-state index is -0.726. The quantitative estimate of drug-likeness (QED) is 0.805. The highest BCUT2D eigenvalue weighted by Crippen LogP contribution is 2.23. The minimum absolute atomic E-state index is 0.366. The normalized spacial score (nSPS) is 14.0. The van der Waals surface area contributed by atoms with Crippen LogP contribution in [0.4, 0.5) is 0 Å². The van der Waals surface area contributed by atoms with E-state index in [1.165, 1.54) is 0 Å². The number of ether oxygens (including phenoxy) is 1. The molecule has 0 aliphatic carbocycles. The highest BCUT2D eigenvalue weighted by molar-refractivity contribution is 5.84. The molecule has 0 fully saturated rings. The third-order valence-corrected chi connectivity index (χ3v) is 3.35. The van der Waals surface area contributed by atoms with Gasteiger partial charge in [0.15, 0.2) is 0 Å². The standard InChI is InChI=1S/C14H22N2O2/c1-10-6-5-7-11(2)12(10)18-9-8-14(3,16-4)13(15)17/h5-7,16H,8-9H2,1-4H3,(H2,15,17). The molecule has 1 amide bonds. The molecule has 1 unspecified atom stereocenters. The van der Waals surface area contributed by atoms with E-state index < -0.39 is 5.54 Å². The molecule has 4 heteroatoms. The van der Waals surface area contributed by atoms with Crippen LogP contribution in [0.1, 0.15) is 24.5 Å². The predicted octanol–water partition coefficient (Wildman–Crippen LogP) is 1.54. The summed E-state index contributed by atoms with van der Waals surface area (Å²) in [4.78, 5) is 11.3. The summed E-state index contributed by atoms with van der Waals surface area (Å²) in [5, 5.41) is 2.94. The summed E-state index contributed by atoms with van der Waals surface area (Å²) in [6, 6.07) is 6.01. The van der Waals surface area contributed by atoms with Gasteiger partial charge in [-0.2, -0.15) is 0 Å². The fourth-order valence-electron chi connectivity index (χ4n) is 1.76. The molecular formula is C14H22N2O2. The van der Waals surface area contributed by atoms with Crippen LogP contribution in [0.25, 0.3) is 0 Å². The van der Waals surface area contributed by atoms with E-state index in [1.54, 1.807) is 14.0 Å².